The maximum Gasteiger partial charge on any atom is 0.253 e. The van der Waals surface area contributed by atoms with E-state index in [9.17, 15) is 4.79 Å². The summed E-state index contributed by atoms with van der Waals surface area (Å²) < 4.78 is 7.54. The van der Waals surface area contributed by atoms with Crippen molar-refractivity contribution in [1.82, 2.24) is 14.7 Å². The van der Waals surface area contributed by atoms with Gasteiger partial charge in [0.15, 0.2) is 0 Å². The minimum Gasteiger partial charge on any atom is -0.494 e. The summed E-state index contributed by atoms with van der Waals surface area (Å²) >= 11 is 0. The fraction of sp³-hybridized carbons (Fsp3) is 0.500. The van der Waals surface area contributed by atoms with Crippen LogP contribution < -0.4 is 4.74 Å². The zero-order valence-electron chi connectivity index (χ0n) is 15.4. The number of ether oxygens (including phenoxy) is 1. The predicted molar refractivity (Wildman–Crippen MR) is 97.9 cm³/mol. The third kappa shape index (κ3) is 4.21. The number of aromatic nitrogens is 2. The van der Waals surface area contributed by atoms with E-state index in [1.54, 1.807) is 0 Å². The van der Waals surface area contributed by atoms with Crippen LogP contribution in [0.25, 0.3) is 0 Å². The molecule has 0 unspecified atom stereocenters. The van der Waals surface area contributed by atoms with Crippen LogP contribution in [0.1, 0.15) is 41.5 Å². The first-order chi connectivity index (χ1) is 12.1. The van der Waals surface area contributed by atoms with E-state index < -0.39 is 0 Å². The lowest BCUT2D eigenvalue weighted by Gasteiger charge is -2.32. The lowest BCUT2D eigenvalue weighted by molar-refractivity contribution is 0.0681. The summed E-state index contributed by atoms with van der Waals surface area (Å²) in [5.41, 5.74) is 3.02. The second kappa shape index (κ2) is 7.72. The summed E-state index contributed by atoms with van der Waals surface area (Å²) in [5, 5.41) is 4.55. The molecule has 0 N–H and O–H groups in total. The largest absolute Gasteiger partial charge is 0.494 e. The van der Waals surface area contributed by atoms with Crippen LogP contribution >= 0.6 is 0 Å². The smallest absolute Gasteiger partial charge is 0.253 e. The molecule has 3 rings (SSSR count). The van der Waals surface area contributed by atoms with Crippen LogP contribution in [0.4, 0.5) is 0 Å². The van der Waals surface area contributed by atoms with Crippen LogP contribution in [0.2, 0.25) is 0 Å². The fourth-order valence-corrected chi connectivity index (χ4v) is 3.47. The molecule has 0 atom stereocenters. The zero-order valence-corrected chi connectivity index (χ0v) is 15.4. The number of benzene rings is 1. The summed E-state index contributed by atoms with van der Waals surface area (Å²) in [6.07, 6.45) is 2.06. The number of amides is 1. The van der Waals surface area contributed by atoms with E-state index in [-0.39, 0.29) is 5.91 Å². The van der Waals surface area contributed by atoms with Gasteiger partial charge in [0.2, 0.25) is 0 Å². The highest BCUT2D eigenvalue weighted by atomic mass is 16.5. The number of rotatable bonds is 5. The number of nitrogens with zero attached hydrogens (tertiary/aromatic N) is 3. The Morgan fingerprint density at radius 3 is 2.44 bits per heavy atom. The molecule has 1 aromatic heterocycles. The molecular weight excluding hydrogens is 314 g/mol. The van der Waals surface area contributed by atoms with Gasteiger partial charge in [0.1, 0.15) is 5.75 Å². The Labute approximate surface area is 149 Å². The van der Waals surface area contributed by atoms with Gasteiger partial charge in [-0.05, 0) is 69.9 Å². The Morgan fingerprint density at radius 1 is 1.20 bits per heavy atom. The van der Waals surface area contributed by atoms with Gasteiger partial charge in [0.25, 0.3) is 5.91 Å². The molecule has 0 saturated carbocycles. The topological polar surface area (TPSA) is 47.4 Å². The maximum absolute atomic E-state index is 12.7. The van der Waals surface area contributed by atoms with Crippen molar-refractivity contribution in [2.45, 2.75) is 40.2 Å². The molecule has 1 fully saturated rings. The van der Waals surface area contributed by atoms with E-state index in [0.717, 1.165) is 49.5 Å². The predicted octanol–water partition coefficient (Wildman–Crippen LogP) is 3.45. The van der Waals surface area contributed by atoms with Crippen molar-refractivity contribution < 1.29 is 9.53 Å². The van der Waals surface area contributed by atoms with E-state index in [1.165, 1.54) is 5.69 Å². The van der Waals surface area contributed by atoms with Gasteiger partial charge in [0.05, 0.1) is 12.3 Å². The number of piperidine rings is 1. The van der Waals surface area contributed by atoms with Gasteiger partial charge < -0.3 is 9.64 Å². The van der Waals surface area contributed by atoms with Crippen molar-refractivity contribution in [2.24, 2.45) is 5.92 Å². The highest BCUT2D eigenvalue weighted by Gasteiger charge is 2.24. The molecule has 1 aromatic carbocycles. The molecular formula is C20H27N3O2. The van der Waals surface area contributed by atoms with Crippen LogP contribution in [-0.2, 0) is 6.54 Å². The molecule has 1 aliphatic heterocycles. The summed E-state index contributed by atoms with van der Waals surface area (Å²) in [6.45, 7) is 9.30. The zero-order chi connectivity index (χ0) is 17.8. The van der Waals surface area contributed by atoms with Gasteiger partial charge in [-0.1, -0.05) is 0 Å². The summed E-state index contributed by atoms with van der Waals surface area (Å²) in [4.78, 5) is 14.6. The first-order valence-electron chi connectivity index (χ1n) is 9.10. The molecule has 2 heterocycles. The number of hydrogen-bond acceptors (Lipinski definition) is 3. The molecule has 2 aromatic rings. The Hall–Kier alpha value is -2.30. The second-order valence-corrected chi connectivity index (χ2v) is 6.80. The van der Waals surface area contributed by atoms with E-state index >= 15 is 0 Å². The van der Waals surface area contributed by atoms with Crippen LogP contribution in [0, 0.1) is 19.8 Å². The van der Waals surface area contributed by atoms with Crippen LogP contribution in [0.3, 0.4) is 0 Å². The van der Waals surface area contributed by atoms with Gasteiger partial charge in [-0.3, -0.25) is 9.48 Å². The van der Waals surface area contributed by atoms with Gasteiger partial charge in [-0.15, -0.1) is 0 Å². The standard InChI is InChI=1S/C20H27N3O2/c1-4-25-19-7-5-18(6-8-19)20(24)22-11-9-17(10-12-22)14-23-16(3)13-15(2)21-23/h5-8,13,17H,4,9-12,14H2,1-3H3. The van der Waals surface area contributed by atoms with E-state index in [1.807, 2.05) is 43.0 Å². The van der Waals surface area contributed by atoms with Crippen molar-refractivity contribution in [3.63, 3.8) is 0 Å². The van der Waals surface area contributed by atoms with Crippen molar-refractivity contribution in [3.05, 3.63) is 47.3 Å². The molecule has 5 heteroatoms. The van der Waals surface area contributed by atoms with Gasteiger partial charge in [-0.25, -0.2) is 0 Å². The third-order valence-electron chi connectivity index (χ3n) is 4.85. The Kier molecular flexibility index (Phi) is 5.41. The number of carbonyl (C=O) groups is 1. The van der Waals surface area contributed by atoms with Crippen LogP contribution in [0.15, 0.2) is 30.3 Å². The molecule has 1 saturated heterocycles. The summed E-state index contributed by atoms with van der Waals surface area (Å²) in [5.74, 6) is 1.51. The average Bonchev–Trinajstić information content (AvgIpc) is 2.93. The number of hydrogen-bond donors (Lipinski definition) is 0. The van der Waals surface area contributed by atoms with Gasteiger partial charge >= 0.3 is 0 Å². The molecule has 0 aliphatic carbocycles. The maximum atomic E-state index is 12.7. The molecule has 1 amide bonds. The normalized spacial score (nSPS) is 15.4. The molecule has 25 heavy (non-hydrogen) atoms. The number of likely N-dealkylation sites (tertiary alicyclic amines) is 1. The highest BCUT2D eigenvalue weighted by Crippen LogP contribution is 2.22. The SMILES string of the molecule is CCOc1ccc(C(=O)N2CCC(Cn3nc(C)cc3C)CC2)cc1. The molecule has 0 spiro atoms. The average molecular weight is 341 g/mol. The minimum absolute atomic E-state index is 0.118. The van der Waals surface area contributed by atoms with Gasteiger partial charge in [-0.2, -0.15) is 5.10 Å². The quantitative estimate of drug-likeness (QED) is 0.837. The van der Waals surface area contributed by atoms with E-state index in [2.05, 4.69) is 22.8 Å². The first kappa shape index (κ1) is 17.5. The lowest BCUT2D eigenvalue weighted by atomic mass is 9.96. The summed E-state index contributed by atoms with van der Waals surface area (Å²) in [7, 11) is 0. The van der Waals surface area contributed by atoms with Crippen molar-refractivity contribution in [1.29, 1.82) is 0 Å². The highest BCUT2D eigenvalue weighted by molar-refractivity contribution is 5.94. The van der Waals surface area contributed by atoms with Gasteiger partial charge in [0, 0.05) is 30.9 Å². The summed E-state index contributed by atoms with van der Waals surface area (Å²) in [6, 6.07) is 9.56. The molecule has 0 bridgehead atoms. The van der Waals surface area contributed by atoms with Crippen molar-refractivity contribution in [2.75, 3.05) is 19.7 Å². The monoisotopic (exact) mass is 341 g/mol. The van der Waals surface area contributed by atoms with Crippen molar-refractivity contribution >= 4 is 5.91 Å². The van der Waals surface area contributed by atoms with Crippen molar-refractivity contribution in [3.8, 4) is 5.75 Å². The molecule has 134 valence electrons. The van der Waals surface area contributed by atoms with E-state index in [4.69, 9.17) is 4.74 Å². The first-order valence-corrected chi connectivity index (χ1v) is 9.10. The van der Waals surface area contributed by atoms with Crippen LogP contribution in [0.5, 0.6) is 5.75 Å². The molecule has 5 nitrogen and oxygen atoms in total. The molecule has 1 aliphatic rings. The Morgan fingerprint density at radius 2 is 1.88 bits per heavy atom. The Bertz CT molecular complexity index is 713. The molecule has 0 radical (unpaired) electrons. The number of carbonyl (C=O) groups excluding carboxylic acids is 1. The number of aryl methyl sites for hydroxylation is 2. The fourth-order valence-electron chi connectivity index (χ4n) is 3.47. The minimum atomic E-state index is 0.118. The second-order valence-electron chi connectivity index (χ2n) is 6.80. The third-order valence-corrected chi connectivity index (χ3v) is 4.85. The van der Waals surface area contributed by atoms with E-state index in [0.29, 0.717) is 12.5 Å². The lowest BCUT2D eigenvalue weighted by Crippen LogP contribution is -2.39. The Balaban J connectivity index is 1.54. The van der Waals surface area contributed by atoms with Crippen LogP contribution in [-0.4, -0.2) is 40.3 Å².